The van der Waals surface area contributed by atoms with Gasteiger partial charge in [0.05, 0.1) is 21.5 Å². The highest BCUT2D eigenvalue weighted by Crippen LogP contribution is 2.46. The number of hydrogen-bond donors (Lipinski definition) is 0. The molecule has 2 heterocycles. The molecule has 0 spiro atoms. The van der Waals surface area contributed by atoms with Gasteiger partial charge in [-0.25, -0.2) is 0 Å². The van der Waals surface area contributed by atoms with Crippen LogP contribution in [0.25, 0.3) is 21.5 Å². The third kappa shape index (κ3) is 2.61. The summed E-state index contributed by atoms with van der Waals surface area (Å²) in [6.45, 7) is 6.96. The highest BCUT2D eigenvalue weighted by molar-refractivity contribution is 5.97. The minimum Gasteiger partial charge on any atom is -0.277 e. The van der Waals surface area contributed by atoms with E-state index in [0.717, 1.165) is 30.3 Å². The van der Waals surface area contributed by atoms with Gasteiger partial charge in [0, 0.05) is 13.6 Å². The van der Waals surface area contributed by atoms with Crippen LogP contribution in [0.2, 0.25) is 0 Å². The van der Waals surface area contributed by atoms with E-state index >= 15 is 0 Å². The number of fused-ring (bicyclic) bond motifs is 2. The largest absolute Gasteiger partial charge is 0.277 e. The maximum absolute atomic E-state index is 12.9. The van der Waals surface area contributed by atoms with E-state index in [2.05, 4.69) is 20.8 Å². The standard InChI is InChI=1S/C21H24N2O4/c1-20(2)6-5-7-21(3,10-20)11-23-18(26)14-8-12-13(9-15(14)19(23)27)17(25)22(4)16(12)24/h8-9H,5-7,10-11H2,1-4H3. The molecule has 0 saturated heterocycles. The maximum atomic E-state index is 12.9. The Bertz CT molecular complexity index is 1210. The summed E-state index contributed by atoms with van der Waals surface area (Å²) in [6, 6.07) is 2.84. The molecule has 6 nitrogen and oxygen atoms in total. The molecule has 0 bridgehead atoms. The summed E-state index contributed by atoms with van der Waals surface area (Å²) in [5.41, 5.74) is -1.52. The Morgan fingerprint density at radius 2 is 1.30 bits per heavy atom. The first-order valence-corrected chi connectivity index (χ1v) is 9.40. The van der Waals surface area contributed by atoms with Crippen LogP contribution < -0.4 is 22.2 Å². The second kappa shape index (κ2) is 5.50. The van der Waals surface area contributed by atoms with Crippen molar-refractivity contribution in [1.82, 2.24) is 9.13 Å². The number of rotatable bonds is 2. The summed E-state index contributed by atoms with van der Waals surface area (Å²) in [4.78, 5) is 50.3. The molecule has 2 aromatic heterocycles. The molecule has 3 aromatic rings. The van der Waals surface area contributed by atoms with E-state index < -0.39 is 11.1 Å². The first-order chi connectivity index (χ1) is 12.5. The molecule has 6 heteroatoms. The van der Waals surface area contributed by atoms with Crippen molar-refractivity contribution < 1.29 is 0 Å². The van der Waals surface area contributed by atoms with Crippen molar-refractivity contribution in [3.8, 4) is 0 Å². The van der Waals surface area contributed by atoms with Gasteiger partial charge >= 0.3 is 0 Å². The predicted octanol–water partition coefficient (Wildman–Crippen LogP) is 2.06. The molecule has 1 aliphatic rings. The first kappa shape index (κ1) is 17.9. The van der Waals surface area contributed by atoms with Crippen LogP contribution in [0, 0.1) is 10.8 Å². The second-order valence-corrected chi connectivity index (χ2v) is 9.31. The highest BCUT2D eigenvalue weighted by atomic mass is 16.2. The fourth-order valence-corrected chi connectivity index (χ4v) is 5.13. The van der Waals surface area contributed by atoms with Gasteiger partial charge in [-0.3, -0.25) is 28.3 Å². The van der Waals surface area contributed by atoms with Gasteiger partial charge in [0.25, 0.3) is 22.2 Å². The van der Waals surface area contributed by atoms with E-state index in [-0.39, 0.29) is 43.5 Å². The summed E-state index contributed by atoms with van der Waals surface area (Å²) in [5.74, 6) is 0. The van der Waals surface area contributed by atoms with Gasteiger partial charge < -0.3 is 0 Å². The lowest BCUT2D eigenvalue weighted by Gasteiger charge is -2.42. The van der Waals surface area contributed by atoms with Crippen LogP contribution >= 0.6 is 0 Å². The molecule has 27 heavy (non-hydrogen) atoms. The van der Waals surface area contributed by atoms with E-state index in [9.17, 15) is 19.2 Å². The molecule has 0 aliphatic heterocycles. The summed E-state index contributed by atoms with van der Waals surface area (Å²) in [6.07, 6.45) is 4.15. The van der Waals surface area contributed by atoms with Crippen molar-refractivity contribution in [2.45, 2.75) is 53.0 Å². The molecule has 142 valence electrons. The third-order valence-corrected chi connectivity index (χ3v) is 6.26. The third-order valence-electron chi connectivity index (χ3n) is 6.26. The molecule has 1 fully saturated rings. The first-order valence-electron chi connectivity index (χ1n) is 9.40. The van der Waals surface area contributed by atoms with E-state index in [1.54, 1.807) is 0 Å². The monoisotopic (exact) mass is 368 g/mol. The number of aromatic nitrogens is 2. The summed E-state index contributed by atoms with van der Waals surface area (Å²) < 4.78 is 2.32. The molecule has 1 aromatic carbocycles. The van der Waals surface area contributed by atoms with Crippen LogP contribution in [0.1, 0.15) is 46.5 Å². The van der Waals surface area contributed by atoms with Gasteiger partial charge in [0.2, 0.25) is 0 Å². The Kier molecular flexibility index (Phi) is 3.65. The van der Waals surface area contributed by atoms with Crippen molar-refractivity contribution in [3.63, 3.8) is 0 Å². The average Bonchev–Trinajstić information content (AvgIpc) is 2.93. The quantitative estimate of drug-likeness (QED) is 0.694. The van der Waals surface area contributed by atoms with Crippen LogP contribution in [-0.4, -0.2) is 9.13 Å². The van der Waals surface area contributed by atoms with Gasteiger partial charge in [0.1, 0.15) is 0 Å². The molecule has 1 saturated carbocycles. The number of hydrogen-bond acceptors (Lipinski definition) is 4. The molecule has 1 aliphatic carbocycles. The molecular formula is C21H24N2O4. The van der Waals surface area contributed by atoms with Crippen LogP contribution in [0.4, 0.5) is 0 Å². The predicted molar refractivity (Wildman–Crippen MR) is 106 cm³/mol. The van der Waals surface area contributed by atoms with Crippen molar-refractivity contribution >= 4 is 21.5 Å². The van der Waals surface area contributed by atoms with E-state index in [0.29, 0.717) is 6.54 Å². The summed E-state index contributed by atoms with van der Waals surface area (Å²) in [7, 11) is 1.40. The molecule has 1 unspecified atom stereocenters. The maximum Gasteiger partial charge on any atom is 0.261 e. The number of benzene rings is 1. The molecule has 0 N–H and O–H groups in total. The normalized spacial score (nSPS) is 22.7. The van der Waals surface area contributed by atoms with Gasteiger partial charge in [0.15, 0.2) is 0 Å². The molecule has 0 amide bonds. The molecule has 0 radical (unpaired) electrons. The Labute approximate surface area is 155 Å². The summed E-state index contributed by atoms with van der Waals surface area (Å²) in [5, 5.41) is 0.867. The zero-order valence-corrected chi connectivity index (χ0v) is 16.2. The fraction of sp³-hybridized carbons (Fsp3) is 0.524. The van der Waals surface area contributed by atoms with Crippen molar-refractivity contribution in [3.05, 3.63) is 53.5 Å². The van der Waals surface area contributed by atoms with Gasteiger partial charge in [-0.1, -0.05) is 27.2 Å². The lowest BCUT2D eigenvalue weighted by atomic mass is 9.64. The minimum atomic E-state index is -0.433. The lowest BCUT2D eigenvalue weighted by molar-refractivity contribution is 0.0814. The number of nitrogens with zero attached hydrogens (tertiary/aromatic N) is 2. The minimum absolute atomic E-state index is 0.121. The topological polar surface area (TPSA) is 78.1 Å². The van der Waals surface area contributed by atoms with Gasteiger partial charge in [-0.15, -0.1) is 0 Å². The lowest BCUT2D eigenvalue weighted by Crippen LogP contribution is -2.39. The van der Waals surface area contributed by atoms with Crippen molar-refractivity contribution in [1.29, 1.82) is 0 Å². The molecular weight excluding hydrogens is 344 g/mol. The zero-order valence-electron chi connectivity index (χ0n) is 16.2. The average molecular weight is 368 g/mol. The van der Waals surface area contributed by atoms with Crippen LogP contribution in [0.5, 0.6) is 0 Å². The highest BCUT2D eigenvalue weighted by Gasteiger charge is 2.37. The SMILES string of the molecule is Cn1c(=O)c2cc3c(=O)n(CC4(C)CCCC(C)(C)C4)c(=O)c3cc2c1=O. The van der Waals surface area contributed by atoms with E-state index in [1.165, 1.54) is 23.7 Å². The van der Waals surface area contributed by atoms with Crippen molar-refractivity contribution in [2.24, 2.45) is 17.9 Å². The Balaban J connectivity index is 1.90. The smallest absolute Gasteiger partial charge is 0.261 e. The Hall–Kier alpha value is -2.50. The Morgan fingerprint density at radius 3 is 1.78 bits per heavy atom. The Morgan fingerprint density at radius 1 is 0.815 bits per heavy atom. The summed E-state index contributed by atoms with van der Waals surface area (Å²) >= 11 is 0. The molecule has 4 rings (SSSR count). The fourth-order valence-electron chi connectivity index (χ4n) is 5.13. The van der Waals surface area contributed by atoms with Crippen LogP contribution in [0.15, 0.2) is 31.3 Å². The van der Waals surface area contributed by atoms with E-state index in [1.807, 2.05) is 0 Å². The molecule has 1 atom stereocenters. The zero-order chi connectivity index (χ0) is 19.7. The second-order valence-electron chi connectivity index (χ2n) is 9.31. The van der Waals surface area contributed by atoms with Crippen molar-refractivity contribution in [2.75, 3.05) is 0 Å². The van der Waals surface area contributed by atoms with Crippen LogP contribution in [0.3, 0.4) is 0 Å². The van der Waals surface area contributed by atoms with Gasteiger partial charge in [-0.05, 0) is 42.2 Å². The van der Waals surface area contributed by atoms with Crippen LogP contribution in [-0.2, 0) is 13.6 Å². The van der Waals surface area contributed by atoms with E-state index in [4.69, 9.17) is 0 Å². The van der Waals surface area contributed by atoms with Gasteiger partial charge in [-0.2, -0.15) is 0 Å².